The molecule has 9 heteroatoms. The molecule has 1 fully saturated rings. The minimum Gasteiger partial charge on any atom is -0.481 e. The predicted octanol–water partition coefficient (Wildman–Crippen LogP) is -0.156. The van der Waals surface area contributed by atoms with Crippen molar-refractivity contribution >= 4 is 11.9 Å². The molecule has 25 heavy (non-hydrogen) atoms. The van der Waals surface area contributed by atoms with Gasteiger partial charge in [-0.05, 0) is 12.0 Å². The number of nitrogens with zero attached hydrogens (tertiary/aromatic N) is 5. The fourth-order valence-corrected chi connectivity index (χ4v) is 3.20. The molecule has 2 atom stereocenters. The Labute approximate surface area is 143 Å². The summed E-state index contributed by atoms with van der Waals surface area (Å²) in [4.78, 5) is 37.2. The lowest BCUT2D eigenvalue weighted by atomic mass is 9.91. The molecule has 9 nitrogen and oxygen atoms in total. The van der Waals surface area contributed by atoms with E-state index < -0.39 is 5.97 Å². The number of aryl methyl sites for hydroxylation is 2. The number of amides is 1. The Morgan fingerprint density at radius 2 is 2.08 bits per heavy atom. The summed E-state index contributed by atoms with van der Waals surface area (Å²) in [5.41, 5.74) is 0.711. The fourth-order valence-electron chi connectivity index (χ4n) is 3.20. The molecule has 1 aliphatic heterocycles. The molecule has 1 saturated heterocycles. The second-order valence-corrected chi connectivity index (χ2v) is 6.36. The molecule has 0 bridgehead atoms. The molecule has 1 aliphatic rings. The van der Waals surface area contributed by atoms with Gasteiger partial charge in [-0.15, -0.1) is 5.10 Å². The van der Waals surface area contributed by atoms with Crippen LogP contribution in [0.1, 0.15) is 28.4 Å². The number of rotatable bonds is 4. The van der Waals surface area contributed by atoms with Gasteiger partial charge in [0.05, 0.1) is 12.1 Å². The van der Waals surface area contributed by atoms with E-state index in [1.807, 2.05) is 0 Å². The Morgan fingerprint density at radius 1 is 1.32 bits per heavy atom. The van der Waals surface area contributed by atoms with Crippen molar-refractivity contribution in [2.75, 3.05) is 13.1 Å². The van der Waals surface area contributed by atoms with Gasteiger partial charge in [-0.3, -0.25) is 19.1 Å². The van der Waals surface area contributed by atoms with Crippen molar-refractivity contribution in [1.82, 2.24) is 24.5 Å². The zero-order valence-electron chi connectivity index (χ0n) is 14.0. The highest BCUT2D eigenvalue weighted by atomic mass is 16.4. The summed E-state index contributed by atoms with van der Waals surface area (Å²) >= 11 is 0. The minimum absolute atomic E-state index is 0.0540. The van der Waals surface area contributed by atoms with E-state index in [4.69, 9.17) is 5.11 Å². The highest BCUT2D eigenvalue weighted by Crippen LogP contribution is 2.34. The topological polar surface area (TPSA) is 110 Å². The van der Waals surface area contributed by atoms with Crippen molar-refractivity contribution in [3.8, 4) is 0 Å². The van der Waals surface area contributed by atoms with Gasteiger partial charge < -0.3 is 14.6 Å². The number of carboxylic acid groups (broad SMARTS) is 1. The van der Waals surface area contributed by atoms with Crippen molar-refractivity contribution < 1.29 is 14.7 Å². The number of hydrogen-bond acceptors (Lipinski definition) is 5. The van der Waals surface area contributed by atoms with Crippen LogP contribution in [0.2, 0.25) is 0 Å². The number of likely N-dealkylation sites (tertiary alicyclic amines) is 1. The summed E-state index contributed by atoms with van der Waals surface area (Å²) in [5, 5.41) is 17.1. The quantitative estimate of drug-likeness (QED) is 0.825. The van der Waals surface area contributed by atoms with E-state index >= 15 is 0 Å². The largest absolute Gasteiger partial charge is 0.481 e. The van der Waals surface area contributed by atoms with Crippen molar-refractivity contribution in [1.29, 1.82) is 0 Å². The summed E-state index contributed by atoms with van der Waals surface area (Å²) in [6.07, 6.45) is 3.23. The van der Waals surface area contributed by atoms with Crippen LogP contribution in [0, 0.1) is 5.92 Å². The van der Waals surface area contributed by atoms with Gasteiger partial charge in [0.2, 0.25) is 0 Å². The smallest absolute Gasteiger partial charge is 0.303 e. The van der Waals surface area contributed by atoms with Gasteiger partial charge in [-0.2, -0.15) is 0 Å². The first-order valence-corrected chi connectivity index (χ1v) is 7.89. The van der Waals surface area contributed by atoms with Crippen LogP contribution >= 0.6 is 0 Å². The summed E-state index contributed by atoms with van der Waals surface area (Å²) < 4.78 is 2.94. The van der Waals surface area contributed by atoms with Crippen LogP contribution < -0.4 is 5.56 Å². The van der Waals surface area contributed by atoms with Gasteiger partial charge in [0.1, 0.15) is 0 Å². The van der Waals surface area contributed by atoms with E-state index in [0.29, 0.717) is 24.3 Å². The first kappa shape index (κ1) is 16.9. The lowest BCUT2D eigenvalue weighted by Crippen LogP contribution is -2.30. The molecule has 0 aromatic carbocycles. The molecule has 1 amide bonds. The molecule has 0 saturated carbocycles. The monoisotopic (exact) mass is 345 g/mol. The van der Waals surface area contributed by atoms with E-state index in [9.17, 15) is 14.4 Å². The van der Waals surface area contributed by atoms with Gasteiger partial charge in [-0.1, -0.05) is 5.21 Å². The number of aliphatic carboxylic acids is 1. The molecular weight excluding hydrogens is 326 g/mol. The van der Waals surface area contributed by atoms with E-state index in [0.717, 1.165) is 0 Å². The summed E-state index contributed by atoms with van der Waals surface area (Å²) in [7, 11) is 3.35. The molecule has 0 aliphatic carbocycles. The van der Waals surface area contributed by atoms with Crippen molar-refractivity contribution in [3.63, 3.8) is 0 Å². The third kappa shape index (κ3) is 3.44. The van der Waals surface area contributed by atoms with E-state index in [1.54, 1.807) is 42.1 Å². The summed E-state index contributed by atoms with van der Waals surface area (Å²) in [6, 6.07) is 2.88. The van der Waals surface area contributed by atoms with Crippen LogP contribution in [0.3, 0.4) is 0 Å². The molecule has 0 unspecified atom stereocenters. The number of hydrogen-bond donors (Lipinski definition) is 1. The van der Waals surface area contributed by atoms with Gasteiger partial charge >= 0.3 is 5.97 Å². The molecule has 0 spiro atoms. The second-order valence-electron chi connectivity index (χ2n) is 6.36. The maximum atomic E-state index is 12.7. The molecule has 2 aromatic rings. The van der Waals surface area contributed by atoms with Crippen LogP contribution in [0.5, 0.6) is 0 Å². The van der Waals surface area contributed by atoms with E-state index in [2.05, 4.69) is 10.3 Å². The summed E-state index contributed by atoms with van der Waals surface area (Å²) in [5.74, 6) is -1.63. The lowest BCUT2D eigenvalue weighted by Gasteiger charge is -2.16. The number of pyridine rings is 1. The maximum absolute atomic E-state index is 12.7. The number of carbonyl (C=O) groups excluding carboxylic acids is 1. The van der Waals surface area contributed by atoms with Gasteiger partial charge in [0, 0.05) is 57.1 Å². The maximum Gasteiger partial charge on any atom is 0.303 e. The molecule has 2 aromatic heterocycles. The lowest BCUT2D eigenvalue weighted by molar-refractivity contribution is -0.138. The first-order valence-electron chi connectivity index (χ1n) is 7.89. The van der Waals surface area contributed by atoms with Gasteiger partial charge in [-0.25, -0.2) is 0 Å². The highest BCUT2D eigenvalue weighted by molar-refractivity contribution is 5.94. The van der Waals surface area contributed by atoms with Crippen LogP contribution in [0.15, 0.2) is 29.3 Å². The van der Waals surface area contributed by atoms with Crippen LogP contribution in [-0.2, 0) is 18.9 Å². The number of carboxylic acids is 1. The van der Waals surface area contributed by atoms with Crippen molar-refractivity contribution in [3.05, 3.63) is 46.1 Å². The predicted molar refractivity (Wildman–Crippen MR) is 87.1 cm³/mol. The summed E-state index contributed by atoms with van der Waals surface area (Å²) in [6.45, 7) is 0.659. The minimum atomic E-state index is -0.915. The van der Waals surface area contributed by atoms with Crippen LogP contribution in [0.25, 0.3) is 0 Å². The first-order chi connectivity index (χ1) is 11.8. The highest BCUT2D eigenvalue weighted by Gasteiger charge is 2.39. The van der Waals surface area contributed by atoms with E-state index in [-0.39, 0.29) is 29.7 Å². The SMILES string of the molecule is Cn1cc([C@H]2CN(C(=O)c3ccn(C)c(=O)c3)C[C@H]2CC(=O)O)nn1. The third-order valence-electron chi connectivity index (χ3n) is 4.52. The Balaban J connectivity index is 1.85. The van der Waals surface area contributed by atoms with E-state index in [1.165, 1.54) is 10.6 Å². The van der Waals surface area contributed by atoms with Crippen LogP contribution in [0.4, 0.5) is 0 Å². The molecule has 132 valence electrons. The molecule has 3 heterocycles. The van der Waals surface area contributed by atoms with Gasteiger partial charge in [0.15, 0.2) is 0 Å². The Bertz CT molecular complexity index is 871. The molecule has 0 radical (unpaired) electrons. The fraction of sp³-hybridized carbons (Fsp3) is 0.438. The third-order valence-corrected chi connectivity index (χ3v) is 4.52. The zero-order valence-corrected chi connectivity index (χ0v) is 14.0. The normalized spacial score (nSPS) is 20.0. The molecule has 1 N–H and O–H groups in total. The Hall–Kier alpha value is -2.97. The average Bonchev–Trinajstić information content (AvgIpc) is 3.15. The number of aromatic nitrogens is 4. The standard InChI is InChI=1S/C16H19N5O4/c1-19-4-3-10(5-14(19)22)16(25)21-7-11(6-15(23)24)12(8-21)13-9-20(2)18-17-13/h3-5,9,11-12H,6-8H2,1-2H3,(H,23,24)/t11-,12+/m1/s1. The van der Waals surface area contributed by atoms with Gasteiger partial charge in [0.25, 0.3) is 11.5 Å². The molecular formula is C16H19N5O4. The second kappa shape index (κ2) is 6.50. The zero-order chi connectivity index (χ0) is 18.1. The number of carbonyl (C=O) groups is 2. The Kier molecular flexibility index (Phi) is 4.39. The average molecular weight is 345 g/mol. The van der Waals surface area contributed by atoms with Crippen molar-refractivity contribution in [2.45, 2.75) is 12.3 Å². The molecule has 3 rings (SSSR count). The van der Waals surface area contributed by atoms with Crippen molar-refractivity contribution in [2.24, 2.45) is 20.0 Å². The van der Waals surface area contributed by atoms with Crippen LogP contribution in [-0.4, -0.2) is 54.5 Å². The Morgan fingerprint density at radius 3 is 2.68 bits per heavy atom.